The van der Waals surface area contributed by atoms with E-state index in [4.69, 9.17) is 16.6 Å². The highest BCUT2D eigenvalue weighted by atomic mass is 35.5. The molecular weight excluding hydrogens is 434 g/mol. The number of hydrogen-bond acceptors (Lipinski definition) is 3. The van der Waals surface area contributed by atoms with Gasteiger partial charge in [0.1, 0.15) is 5.82 Å². The number of fused-ring (bicyclic) bond motifs is 1. The molecule has 1 atom stereocenters. The average Bonchev–Trinajstić information content (AvgIpc) is 3.36. The number of Topliss-reactive ketones (excluding diaryl/α,β-unsaturated/α-hetero) is 1. The van der Waals surface area contributed by atoms with Gasteiger partial charge in [0.25, 0.3) is 0 Å². The Morgan fingerprint density at radius 1 is 1.06 bits per heavy atom. The predicted octanol–water partition coefficient (Wildman–Crippen LogP) is 5.71. The van der Waals surface area contributed by atoms with Crippen molar-refractivity contribution in [2.24, 2.45) is 0 Å². The minimum atomic E-state index is -0.0946. The maximum atomic E-state index is 13.1. The van der Waals surface area contributed by atoms with Crippen molar-refractivity contribution < 1.29 is 9.59 Å². The highest BCUT2D eigenvalue weighted by molar-refractivity contribution is 6.30. The van der Waals surface area contributed by atoms with Crippen molar-refractivity contribution >= 4 is 40.0 Å². The second kappa shape index (κ2) is 8.49. The Labute approximate surface area is 197 Å². The molecule has 1 saturated heterocycles. The van der Waals surface area contributed by atoms with Gasteiger partial charge in [0, 0.05) is 35.2 Å². The van der Waals surface area contributed by atoms with E-state index in [9.17, 15) is 9.59 Å². The number of benzene rings is 3. The van der Waals surface area contributed by atoms with E-state index in [0.29, 0.717) is 23.6 Å². The summed E-state index contributed by atoms with van der Waals surface area (Å²) >= 11 is 5.98. The number of aryl methyl sites for hydroxylation is 2. The number of nitrogens with zero attached hydrogens (tertiary/aromatic N) is 3. The lowest BCUT2D eigenvalue weighted by molar-refractivity contribution is -0.117. The first-order valence-electron chi connectivity index (χ1n) is 11.0. The smallest absolute Gasteiger partial charge is 0.227 e. The van der Waals surface area contributed by atoms with Crippen LogP contribution in [0.15, 0.2) is 66.7 Å². The van der Waals surface area contributed by atoms with Crippen molar-refractivity contribution in [1.29, 1.82) is 0 Å². The Bertz CT molecular complexity index is 1370. The number of ketones is 1. The molecule has 0 spiro atoms. The molecule has 0 N–H and O–H groups in total. The van der Waals surface area contributed by atoms with Crippen molar-refractivity contribution in [2.75, 3.05) is 11.4 Å². The van der Waals surface area contributed by atoms with Gasteiger partial charge >= 0.3 is 0 Å². The molecule has 6 heteroatoms. The molecule has 1 aromatic heterocycles. The molecule has 5 rings (SSSR count). The topological polar surface area (TPSA) is 55.2 Å². The summed E-state index contributed by atoms with van der Waals surface area (Å²) in [5, 5.41) is 0.594. The molecule has 5 nitrogen and oxygen atoms in total. The fraction of sp³-hybridized carbons (Fsp3) is 0.222. The lowest BCUT2D eigenvalue weighted by atomic mass is 10.1. The van der Waals surface area contributed by atoms with Gasteiger partial charge in [0.15, 0.2) is 5.78 Å². The van der Waals surface area contributed by atoms with Crippen LogP contribution in [0.2, 0.25) is 5.02 Å². The molecule has 33 heavy (non-hydrogen) atoms. The van der Waals surface area contributed by atoms with E-state index >= 15 is 0 Å². The molecule has 166 valence electrons. The Morgan fingerprint density at radius 2 is 1.82 bits per heavy atom. The number of rotatable bonds is 5. The molecule has 0 saturated carbocycles. The van der Waals surface area contributed by atoms with Crippen LogP contribution in [0.3, 0.4) is 0 Å². The van der Waals surface area contributed by atoms with Gasteiger partial charge in [-0.2, -0.15) is 0 Å². The number of halogens is 1. The number of hydrogen-bond donors (Lipinski definition) is 0. The molecule has 4 aromatic rings. The van der Waals surface area contributed by atoms with Crippen LogP contribution in [0.25, 0.3) is 11.0 Å². The maximum absolute atomic E-state index is 13.1. The number of imidazole rings is 1. The third kappa shape index (κ3) is 4.05. The van der Waals surface area contributed by atoms with Gasteiger partial charge in [0.2, 0.25) is 5.91 Å². The SMILES string of the molecule is Cc1ccc(C)c(N2CC(c3nc4ccccc4n3CC(=O)c3ccc(Cl)cc3)CC2=O)c1. The van der Waals surface area contributed by atoms with Crippen molar-refractivity contribution in [3.63, 3.8) is 0 Å². The van der Waals surface area contributed by atoms with Crippen molar-refractivity contribution in [3.05, 3.63) is 94.3 Å². The zero-order valence-electron chi connectivity index (χ0n) is 18.6. The van der Waals surface area contributed by atoms with E-state index < -0.39 is 0 Å². The second-order valence-electron chi connectivity index (χ2n) is 8.67. The van der Waals surface area contributed by atoms with Crippen LogP contribution < -0.4 is 4.90 Å². The van der Waals surface area contributed by atoms with Crippen LogP contribution >= 0.6 is 11.6 Å². The molecule has 3 aromatic carbocycles. The van der Waals surface area contributed by atoms with Crippen molar-refractivity contribution in [1.82, 2.24) is 9.55 Å². The summed E-state index contributed by atoms with van der Waals surface area (Å²) in [6, 6.07) is 20.9. The van der Waals surface area contributed by atoms with E-state index in [0.717, 1.165) is 33.7 Å². The summed E-state index contributed by atoms with van der Waals surface area (Å²) in [7, 11) is 0. The van der Waals surface area contributed by atoms with Gasteiger partial charge in [-0.25, -0.2) is 4.98 Å². The van der Waals surface area contributed by atoms with Crippen LogP contribution in [0.4, 0.5) is 5.69 Å². The maximum Gasteiger partial charge on any atom is 0.227 e. The van der Waals surface area contributed by atoms with Gasteiger partial charge < -0.3 is 9.47 Å². The summed E-state index contributed by atoms with van der Waals surface area (Å²) in [6.07, 6.45) is 0.367. The lowest BCUT2D eigenvalue weighted by Gasteiger charge is -2.20. The summed E-state index contributed by atoms with van der Waals surface area (Å²) < 4.78 is 1.97. The fourth-order valence-corrected chi connectivity index (χ4v) is 4.69. The zero-order valence-corrected chi connectivity index (χ0v) is 19.3. The van der Waals surface area contributed by atoms with Crippen molar-refractivity contribution in [3.8, 4) is 0 Å². The molecule has 1 aliphatic heterocycles. The molecule has 0 radical (unpaired) electrons. The van der Waals surface area contributed by atoms with E-state index in [-0.39, 0.29) is 24.2 Å². The van der Waals surface area contributed by atoms with E-state index in [1.807, 2.05) is 53.6 Å². The number of carbonyl (C=O) groups is 2. The molecule has 0 bridgehead atoms. The number of anilines is 1. The minimum Gasteiger partial charge on any atom is -0.320 e. The molecular formula is C27H24ClN3O2. The summed E-state index contributed by atoms with van der Waals surface area (Å²) in [4.78, 5) is 32.9. The first kappa shape index (κ1) is 21.4. The third-order valence-electron chi connectivity index (χ3n) is 6.30. The third-order valence-corrected chi connectivity index (χ3v) is 6.55. The zero-order chi connectivity index (χ0) is 23.1. The molecule has 0 aliphatic carbocycles. The first-order valence-corrected chi connectivity index (χ1v) is 11.4. The van der Waals surface area contributed by atoms with Gasteiger partial charge in [-0.1, -0.05) is 35.9 Å². The summed E-state index contributed by atoms with van der Waals surface area (Å²) in [5.74, 6) is 0.741. The lowest BCUT2D eigenvalue weighted by Crippen LogP contribution is -2.25. The Morgan fingerprint density at radius 3 is 2.61 bits per heavy atom. The van der Waals surface area contributed by atoms with Crippen LogP contribution in [-0.4, -0.2) is 27.8 Å². The normalized spacial score (nSPS) is 16.0. The first-order chi connectivity index (χ1) is 15.9. The number of carbonyl (C=O) groups excluding carboxylic acids is 2. The minimum absolute atomic E-state index is 0.0215. The molecule has 2 heterocycles. The van der Waals surface area contributed by atoms with Crippen LogP contribution in [0.1, 0.15) is 39.6 Å². The quantitative estimate of drug-likeness (QED) is 0.361. The number of aromatic nitrogens is 2. The van der Waals surface area contributed by atoms with Crippen LogP contribution in [0.5, 0.6) is 0 Å². The largest absolute Gasteiger partial charge is 0.320 e. The van der Waals surface area contributed by atoms with E-state index in [1.54, 1.807) is 24.3 Å². The summed E-state index contributed by atoms with van der Waals surface area (Å²) in [6.45, 7) is 4.76. The van der Waals surface area contributed by atoms with E-state index in [2.05, 4.69) is 12.1 Å². The van der Waals surface area contributed by atoms with Crippen molar-refractivity contribution in [2.45, 2.75) is 32.7 Å². The fourth-order valence-electron chi connectivity index (χ4n) is 4.57. The van der Waals surface area contributed by atoms with Crippen LogP contribution in [0, 0.1) is 13.8 Å². The second-order valence-corrected chi connectivity index (χ2v) is 9.11. The van der Waals surface area contributed by atoms with Gasteiger partial charge in [-0.3, -0.25) is 9.59 Å². The van der Waals surface area contributed by atoms with Gasteiger partial charge in [0.05, 0.1) is 17.6 Å². The molecule has 1 aliphatic rings. The Balaban J connectivity index is 1.51. The Hall–Kier alpha value is -3.44. The molecule has 1 amide bonds. The Kier molecular flexibility index (Phi) is 5.51. The highest BCUT2D eigenvalue weighted by Crippen LogP contribution is 2.35. The van der Waals surface area contributed by atoms with Gasteiger partial charge in [-0.15, -0.1) is 0 Å². The van der Waals surface area contributed by atoms with Crippen LogP contribution in [-0.2, 0) is 11.3 Å². The standard InChI is InChI=1S/C27H24ClN3O2/c1-17-7-8-18(2)24(13-17)30-15-20(14-26(30)33)27-29-22-5-3-4-6-23(22)31(27)16-25(32)19-9-11-21(28)12-10-19/h3-13,20H,14-16H2,1-2H3. The monoisotopic (exact) mass is 457 g/mol. The summed E-state index contributed by atoms with van der Waals surface area (Å²) in [5.41, 5.74) is 5.46. The number of para-hydroxylation sites is 2. The predicted molar refractivity (Wildman–Crippen MR) is 131 cm³/mol. The van der Waals surface area contributed by atoms with E-state index in [1.165, 1.54) is 0 Å². The van der Waals surface area contributed by atoms with Gasteiger partial charge in [-0.05, 0) is 67.4 Å². The highest BCUT2D eigenvalue weighted by Gasteiger charge is 2.35. The molecule has 1 fully saturated rings. The average molecular weight is 458 g/mol. The molecule has 1 unspecified atom stereocenters. The number of amides is 1.